The van der Waals surface area contributed by atoms with Crippen LogP contribution < -0.4 is 4.90 Å². The number of thiophene rings is 1. The lowest BCUT2D eigenvalue weighted by molar-refractivity contribution is -0.116. The molecule has 134 valence electrons. The monoisotopic (exact) mass is 379 g/mol. The maximum Gasteiger partial charge on any atom is 0.223 e. The van der Waals surface area contributed by atoms with Gasteiger partial charge in [0.25, 0.3) is 0 Å². The SMILES string of the molecule is [2H]C([2H])([2H])C(=O)N(C)c1cccc(-c2ccnc3c(C(=O)c4cccs4)cnn23)c1. The van der Waals surface area contributed by atoms with E-state index in [0.717, 1.165) is 4.90 Å². The Hall–Kier alpha value is -3.32. The van der Waals surface area contributed by atoms with Gasteiger partial charge in [0.05, 0.1) is 22.3 Å². The molecule has 0 fully saturated rings. The zero-order chi connectivity index (χ0) is 21.5. The van der Waals surface area contributed by atoms with Crippen LogP contribution in [0.15, 0.2) is 60.2 Å². The summed E-state index contributed by atoms with van der Waals surface area (Å²) in [5, 5.41) is 6.18. The van der Waals surface area contributed by atoms with Crippen LogP contribution >= 0.6 is 11.3 Å². The molecule has 1 aromatic carbocycles. The summed E-state index contributed by atoms with van der Waals surface area (Å²) in [6.45, 7) is -2.73. The third-order valence-corrected chi connectivity index (χ3v) is 5.09. The summed E-state index contributed by atoms with van der Waals surface area (Å²) >= 11 is 1.35. The first kappa shape index (κ1) is 13.8. The fourth-order valence-corrected chi connectivity index (χ4v) is 3.48. The Morgan fingerprint density at radius 2 is 2.11 bits per heavy atom. The number of benzene rings is 1. The van der Waals surface area contributed by atoms with Gasteiger partial charge in [0.2, 0.25) is 11.7 Å². The molecule has 0 spiro atoms. The van der Waals surface area contributed by atoms with Crippen molar-refractivity contribution in [3.05, 3.63) is 70.7 Å². The molecule has 0 aliphatic carbocycles. The van der Waals surface area contributed by atoms with Crippen molar-refractivity contribution in [3.8, 4) is 11.3 Å². The minimum atomic E-state index is -2.73. The number of aromatic nitrogens is 3. The van der Waals surface area contributed by atoms with Crippen LogP contribution in [0.3, 0.4) is 0 Å². The Labute approximate surface area is 163 Å². The maximum atomic E-state index is 12.8. The Morgan fingerprint density at radius 3 is 2.89 bits per heavy atom. The number of hydrogen-bond acceptors (Lipinski definition) is 5. The molecule has 3 aromatic heterocycles. The third-order valence-electron chi connectivity index (χ3n) is 4.22. The van der Waals surface area contributed by atoms with Crippen LogP contribution in [-0.2, 0) is 4.79 Å². The van der Waals surface area contributed by atoms with Gasteiger partial charge in [-0.25, -0.2) is 9.50 Å². The average Bonchev–Trinajstić information content (AvgIpc) is 3.41. The van der Waals surface area contributed by atoms with Gasteiger partial charge in [-0.05, 0) is 29.6 Å². The first-order valence-electron chi connectivity index (χ1n) is 9.57. The molecule has 4 aromatic rings. The molecule has 6 nitrogen and oxygen atoms in total. The van der Waals surface area contributed by atoms with E-state index in [9.17, 15) is 9.59 Å². The van der Waals surface area contributed by atoms with E-state index in [1.807, 2.05) is 17.5 Å². The van der Waals surface area contributed by atoms with Crippen LogP contribution in [-0.4, -0.2) is 33.3 Å². The van der Waals surface area contributed by atoms with Gasteiger partial charge in [0.1, 0.15) is 0 Å². The minimum Gasteiger partial charge on any atom is -0.316 e. The second-order valence-corrected chi connectivity index (χ2v) is 6.79. The summed E-state index contributed by atoms with van der Waals surface area (Å²) in [5.74, 6) is -1.12. The second-order valence-electron chi connectivity index (χ2n) is 5.84. The van der Waals surface area contributed by atoms with E-state index in [4.69, 9.17) is 4.11 Å². The number of rotatable bonds is 4. The molecule has 1 amide bonds. The van der Waals surface area contributed by atoms with E-state index in [-0.39, 0.29) is 5.78 Å². The van der Waals surface area contributed by atoms with Crippen LogP contribution in [0.2, 0.25) is 0 Å². The maximum absolute atomic E-state index is 12.8. The van der Waals surface area contributed by atoms with Gasteiger partial charge in [0.15, 0.2) is 5.65 Å². The highest BCUT2D eigenvalue weighted by atomic mass is 32.1. The molecule has 0 aliphatic rings. The van der Waals surface area contributed by atoms with Crippen molar-refractivity contribution in [1.29, 1.82) is 0 Å². The zero-order valence-corrected chi connectivity index (χ0v) is 15.1. The number of fused-ring (bicyclic) bond motifs is 1. The lowest BCUT2D eigenvalue weighted by Gasteiger charge is -2.16. The van der Waals surface area contributed by atoms with E-state index in [0.29, 0.717) is 33.0 Å². The first-order chi connectivity index (χ1) is 14.3. The molecular formula is C20H16N4O2S. The summed E-state index contributed by atoms with van der Waals surface area (Å²) in [4.78, 5) is 30.9. The molecule has 0 saturated heterocycles. The van der Waals surface area contributed by atoms with E-state index >= 15 is 0 Å². The molecule has 0 aliphatic heterocycles. The molecule has 0 saturated carbocycles. The smallest absolute Gasteiger partial charge is 0.223 e. The third kappa shape index (κ3) is 3.02. The number of anilines is 1. The van der Waals surface area contributed by atoms with Gasteiger partial charge in [-0.3, -0.25) is 9.59 Å². The van der Waals surface area contributed by atoms with Gasteiger partial charge in [0, 0.05) is 35.5 Å². The number of ketones is 1. The van der Waals surface area contributed by atoms with Crippen LogP contribution in [0, 0.1) is 0 Å². The highest BCUT2D eigenvalue weighted by Gasteiger charge is 2.18. The van der Waals surface area contributed by atoms with Crippen molar-refractivity contribution in [2.24, 2.45) is 0 Å². The van der Waals surface area contributed by atoms with Gasteiger partial charge < -0.3 is 4.90 Å². The first-order valence-corrected chi connectivity index (χ1v) is 8.95. The highest BCUT2D eigenvalue weighted by molar-refractivity contribution is 7.12. The zero-order valence-electron chi connectivity index (χ0n) is 17.3. The Balaban J connectivity index is 1.76. The summed E-state index contributed by atoms with van der Waals surface area (Å²) in [6, 6.07) is 12.2. The van der Waals surface area contributed by atoms with Crippen LogP contribution in [0.1, 0.15) is 26.2 Å². The molecule has 0 bridgehead atoms. The second kappa shape index (κ2) is 6.77. The molecule has 4 rings (SSSR count). The molecule has 0 radical (unpaired) electrons. The molecule has 0 N–H and O–H groups in total. The summed E-state index contributed by atoms with van der Waals surface area (Å²) in [7, 11) is 1.42. The minimum absolute atomic E-state index is 0.151. The highest BCUT2D eigenvalue weighted by Crippen LogP contribution is 2.26. The molecule has 0 atom stereocenters. The number of amides is 1. The van der Waals surface area contributed by atoms with E-state index < -0.39 is 12.8 Å². The van der Waals surface area contributed by atoms with Crippen LogP contribution in [0.5, 0.6) is 0 Å². The summed E-state index contributed by atoms with van der Waals surface area (Å²) < 4.78 is 23.6. The van der Waals surface area contributed by atoms with Crippen LogP contribution in [0.4, 0.5) is 5.69 Å². The lowest BCUT2D eigenvalue weighted by atomic mass is 10.1. The van der Waals surface area contributed by atoms with E-state index in [2.05, 4.69) is 10.1 Å². The van der Waals surface area contributed by atoms with Crippen molar-refractivity contribution < 1.29 is 13.7 Å². The number of nitrogens with zero attached hydrogens (tertiary/aromatic N) is 4. The summed E-state index contributed by atoms with van der Waals surface area (Å²) in [6.07, 6.45) is 3.07. The molecular weight excluding hydrogens is 360 g/mol. The standard InChI is InChI=1S/C20H16N4O2S/c1-13(25)23(2)15-6-3-5-14(11-15)17-8-9-21-20-16(12-22-24(17)20)19(26)18-7-4-10-27-18/h3-12H,1-2H3/i1D3. The number of hydrogen-bond donors (Lipinski definition) is 0. The van der Waals surface area contributed by atoms with E-state index in [1.54, 1.807) is 41.0 Å². The normalized spacial score (nSPS) is 13.0. The fraction of sp³-hybridized carbons (Fsp3) is 0.100. The van der Waals surface area contributed by atoms with Gasteiger partial charge >= 0.3 is 0 Å². The predicted molar refractivity (Wildman–Crippen MR) is 105 cm³/mol. The molecule has 0 unspecified atom stereocenters. The Bertz CT molecular complexity index is 1250. The summed E-state index contributed by atoms with van der Waals surface area (Å²) in [5.41, 5.74) is 2.60. The Morgan fingerprint density at radius 1 is 1.22 bits per heavy atom. The largest absolute Gasteiger partial charge is 0.316 e. The van der Waals surface area contributed by atoms with Crippen molar-refractivity contribution in [1.82, 2.24) is 14.6 Å². The number of carbonyl (C=O) groups is 2. The topological polar surface area (TPSA) is 67.6 Å². The quantitative estimate of drug-likeness (QED) is 0.508. The van der Waals surface area contributed by atoms with Gasteiger partial charge in [-0.15, -0.1) is 11.3 Å². The lowest BCUT2D eigenvalue weighted by Crippen LogP contribution is -2.22. The van der Waals surface area contributed by atoms with Gasteiger partial charge in [-0.2, -0.15) is 5.10 Å². The van der Waals surface area contributed by atoms with Crippen molar-refractivity contribution >= 4 is 34.4 Å². The molecule has 27 heavy (non-hydrogen) atoms. The average molecular weight is 379 g/mol. The van der Waals surface area contributed by atoms with Crippen molar-refractivity contribution in [2.45, 2.75) is 6.85 Å². The molecule has 7 heteroatoms. The van der Waals surface area contributed by atoms with Crippen molar-refractivity contribution in [2.75, 3.05) is 11.9 Å². The Kier molecular flexibility index (Phi) is 3.47. The van der Waals surface area contributed by atoms with Crippen LogP contribution in [0.25, 0.3) is 16.9 Å². The molecule has 3 heterocycles. The fourth-order valence-electron chi connectivity index (χ4n) is 2.80. The van der Waals surface area contributed by atoms with Gasteiger partial charge in [-0.1, -0.05) is 18.2 Å². The van der Waals surface area contributed by atoms with E-state index in [1.165, 1.54) is 24.6 Å². The number of carbonyl (C=O) groups excluding carboxylic acids is 2. The predicted octanol–water partition coefficient (Wildman–Crippen LogP) is 3.67. The van der Waals surface area contributed by atoms with Crippen molar-refractivity contribution in [3.63, 3.8) is 0 Å².